The first-order valence-electron chi connectivity index (χ1n) is 11.2. The largest absolute Gasteiger partial charge is 0.304 e. The minimum absolute atomic E-state index is 0. The summed E-state index contributed by atoms with van der Waals surface area (Å²) in [6.45, 7) is 0.601. The molecule has 0 aliphatic heterocycles. The van der Waals surface area contributed by atoms with Gasteiger partial charge in [0.1, 0.15) is 0 Å². The van der Waals surface area contributed by atoms with E-state index in [1.165, 1.54) is 11.6 Å². The van der Waals surface area contributed by atoms with E-state index < -0.39 is 13.3 Å². The van der Waals surface area contributed by atoms with Crippen molar-refractivity contribution in [1.82, 2.24) is 9.97 Å². The standard InChI is InChI=1S/C17H12N.C14H12F2N.Ir/c1-3-7-14(8-4-1)16-11-12-17(18-13-16)15-9-5-2-6-10-15;1-10-2-5-14(17-9-10)11-3-4-12(7-15)13(6-11)8-16;/h1-9,11-13H;2,4-6,9H,7-8H2,1H3;/q2*-1;. The van der Waals surface area contributed by atoms with Crippen molar-refractivity contribution in [3.05, 3.63) is 132 Å². The van der Waals surface area contributed by atoms with Gasteiger partial charge in [0.2, 0.25) is 0 Å². The first kappa shape index (κ1) is 27.1. The number of halogens is 2. The maximum Gasteiger partial charge on any atom is 0.0982 e. The van der Waals surface area contributed by atoms with Gasteiger partial charge < -0.3 is 9.97 Å². The summed E-state index contributed by atoms with van der Waals surface area (Å²) < 4.78 is 25.3. The maximum absolute atomic E-state index is 12.7. The van der Waals surface area contributed by atoms with Crippen LogP contribution in [0.1, 0.15) is 16.7 Å². The number of alkyl halides is 2. The molecule has 3 aromatic carbocycles. The SMILES string of the molecule is Cc1ccc(-c2[c-]cc(CF)c(CF)c2)nc1.[Ir].[c-]1ccccc1-c1ccc(-c2ccccc2)cn1. The zero-order valence-corrected chi connectivity index (χ0v) is 22.1. The summed E-state index contributed by atoms with van der Waals surface area (Å²) >= 11 is 0. The Kier molecular flexibility index (Phi) is 10.2. The predicted molar refractivity (Wildman–Crippen MR) is 137 cm³/mol. The smallest absolute Gasteiger partial charge is 0.0982 e. The van der Waals surface area contributed by atoms with Crippen molar-refractivity contribution in [3.8, 4) is 33.6 Å². The number of benzene rings is 3. The number of rotatable bonds is 5. The molecule has 0 spiro atoms. The van der Waals surface area contributed by atoms with Crippen LogP contribution in [-0.2, 0) is 33.5 Å². The molecule has 5 aromatic rings. The van der Waals surface area contributed by atoms with E-state index in [9.17, 15) is 8.78 Å². The van der Waals surface area contributed by atoms with Crippen LogP contribution in [-0.4, -0.2) is 9.97 Å². The molecule has 0 amide bonds. The number of hydrogen-bond acceptors (Lipinski definition) is 2. The minimum Gasteiger partial charge on any atom is -0.304 e. The van der Waals surface area contributed by atoms with Gasteiger partial charge in [-0.05, 0) is 35.0 Å². The number of aryl methyl sites for hydroxylation is 1. The molecule has 0 unspecified atom stereocenters. The fourth-order valence-corrected chi connectivity index (χ4v) is 3.50. The number of nitrogens with zero attached hydrogens (tertiary/aromatic N) is 2. The van der Waals surface area contributed by atoms with Gasteiger partial charge in [-0.3, -0.25) is 4.39 Å². The molecule has 1 radical (unpaired) electrons. The van der Waals surface area contributed by atoms with E-state index in [0.29, 0.717) is 16.7 Å². The molecule has 0 saturated heterocycles. The van der Waals surface area contributed by atoms with Crippen molar-refractivity contribution in [1.29, 1.82) is 0 Å². The first-order chi connectivity index (χ1) is 17.2. The number of pyridine rings is 2. The third-order valence-corrected chi connectivity index (χ3v) is 5.46. The third-order valence-electron chi connectivity index (χ3n) is 5.46. The molecule has 0 fully saturated rings. The van der Waals surface area contributed by atoms with Crippen LogP contribution in [0.3, 0.4) is 0 Å². The summed E-state index contributed by atoms with van der Waals surface area (Å²) in [6.07, 6.45) is 3.65. The second kappa shape index (κ2) is 13.5. The van der Waals surface area contributed by atoms with Crippen LogP contribution in [0.4, 0.5) is 8.78 Å². The molecule has 0 N–H and O–H groups in total. The van der Waals surface area contributed by atoms with Gasteiger partial charge in [0.25, 0.3) is 0 Å². The molecule has 5 heteroatoms. The van der Waals surface area contributed by atoms with Crippen molar-refractivity contribution >= 4 is 0 Å². The van der Waals surface area contributed by atoms with Crippen LogP contribution in [0.25, 0.3) is 33.6 Å². The van der Waals surface area contributed by atoms with Crippen molar-refractivity contribution in [2.45, 2.75) is 20.3 Å². The molecule has 36 heavy (non-hydrogen) atoms. The summed E-state index contributed by atoms with van der Waals surface area (Å²) in [6, 6.07) is 35.3. The Morgan fingerprint density at radius 1 is 0.667 bits per heavy atom. The van der Waals surface area contributed by atoms with Crippen LogP contribution in [0, 0.1) is 19.1 Å². The van der Waals surface area contributed by atoms with Crippen LogP contribution in [0.15, 0.2) is 103 Å². The monoisotopic (exact) mass is 655 g/mol. The molecule has 0 saturated carbocycles. The molecule has 183 valence electrons. The van der Waals surface area contributed by atoms with E-state index in [4.69, 9.17) is 0 Å². The fourth-order valence-electron chi connectivity index (χ4n) is 3.50. The molecule has 0 aliphatic carbocycles. The second-order valence-electron chi connectivity index (χ2n) is 7.96. The van der Waals surface area contributed by atoms with E-state index in [2.05, 4.69) is 40.3 Å². The Morgan fingerprint density at radius 2 is 1.36 bits per heavy atom. The van der Waals surface area contributed by atoms with Gasteiger partial charge in [-0.25, -0.2) is 4.39 Å². The second-order valence-corrected chi connectivity index (χ2v) is 7.96. The summed E-state index contributed by atoms with van der Waals surface area (Å²) in [5.74, 6) is 0. The van der Waals surface area contributed by atoms with Crippen molar-refractivity contribution in [3.63, 3.8) is 0 Å². The Labute approximate surface area is 224 Å². The van der Waals surface area contributed by atoms with Gasteiger partial charge >= 0.3 is 0 Å². The van der Waals surface area contributed by atoms with Crippen molar-refractivity contribution in [2.24, 2.45) is 0 Å². The molecular weight excluding hydrogens is 631 g/mol. The Bertz CT molecular complexity index is 1280. The van der Waals surface area contributed by atoms with Crippen molar-refractivity contribution < 1.29 is 28.9 Å². The average Bonchev–Trinajstić information content (AvgIpc) is 2.94. The summed E-state index contributed by atoms with van der Waals surface area (Å²) in [7, 11) is 0. The normalized spacial score (nSPS) is 10.1. The Balaban J connectivity index is 0.000000196. The number of aromatic nitrogens is 2. The number of hydrogen-bond donors (Lipinski definition) is 0. The summed E-state index contributed by atoms with van der Waals surface area (Å²) in [4.78, 5) is 8.73. The van der Waals surface area contributed by atoms with E-state index in [-0.39, 0.29) is 20.1 Å². The van der Waals surface area contributed by atoms with Crippen LogP contribution in [0.2, 0.25) is 0 Å². The molecular formula is C31H24F2IrN2-2. The first-order valence-corrected chi connectivity index (χ1v) is 11.2. The minimum atomic E-state index is -0.674. The van der Waals surface area contributed by atoms with Crippen LogP contribution in [0.5, 0.6) is 0 Å². The van der Waals surface area contributed by atoms with E-state index >= 15 is 0 Å². The van der Waals surface area contributed by atoms with Gasteiger partial charge in [-0.2, -0.15) is 0 Å². The van der Waals surface area contributed by atoms with Crippen LogP contribution < -0.4 is 0 Å². The van der Waals surface area contributed by atoms with Gasteiger partial charge in [-0.15, -0.1) is 59.7 Å². The zero-order chi connectivity index (χ0) is 24.5. The Hall–Kier alpha value is -3.53. The maximum atomic E-state index is 12.7. The quantitative estimate of drug-likeness (QED) is 0.180. The molecule has 2 heterocycles. The van der Waals surface area contributed by atoms with Crippen molar-refractivity contribution in [2.75, 3.05) is 0 Å². The Morgan fingerprint density at radius 3 is 1.97 bits per heavy atom. The van der Waals surface area contributed by atoms with E-state index in [0.717, 1.165) is 28.1 Å². The summed E-state index contributed by atoms with van der Waals surface area (Å²) in [5.41, 5.74) is 7.48. The van der Waals surface area contributed by atoms with Gasteiger partial charge in [0.15, 0.2) is 0 Å². The third kappa shape index (κ3) is 7.00. The van der Waals surface area contributed by atoms with Gasteiger partial charge in [-0.1, -0.05) is 65.7 Å². The van der Waals surface area contributed by atoms with E-state index in [1.807, 2.05) is 73.8 Å². The van der Waals surface area contributed by atoms with Crippen LogP contribution >= 0.6 is 0 Å². The fraction of sp³-hybridized carbons (Fsp3) is 0.0968. The molecule has 5 rings (SSSR count). The molecule has 2 nitrogen and oxygen atoms in total. The molecule has 0 aliphatic rings. The molecule has 2 aromatic heterocycles. The predicted octanol–water partition coefficient (Wildman–Crippen LogP) is 8.01. The zero-order valence-electron chi connectivity index (χ0n) is 19.7. The van der Waals surface area contributed by atoms with Gasteiger partial charge in [0, 0.05) is 32.5 Å². The summed E-state index contributed by atoms with van der Waals surface area (Å²) in [5, 5.41) is 0. The molecule has 0 bridgehead atoms. The topological polar surface area (TPSA) is 25.8 Å². The van der Waals surface area contributed by atoms with Gasteiger partial charge in [0.05, 0.1) is 13.3 Å². The average molecular weight is 655 g/mol. The molecule has 0 atom stereocenters. The van der Waals surface area contributed by atoms with E-state index in [1.54, 1.807) is 12.3 Å².